The van der Waals surface area contributed by atoms with Crippen LogP contribution in [0.1, 0.15) is 17.0 Å². The van der Waals surface area contributed by atoms with Crippen molar-refractivity contribution in [3.05, 3.63) is 69.7 Å². The molecule has 116 valence electrons. The monoisotopic (exact) mass is 334 g/mol. The van der Waals surface area contributed by atoms with Gasteiger partial charge in [0.15, 0.2) is 0 Å². The SMILES string of the molecule is NCC1CN(Cc2ccccc2)C[C@@H]1c1ccc(Cl)c(Cl)c1. The Labute approximate surface area is 141 Å². The molecule has 1 aliphatic heterocycles. The predicted octanol–water partition coefficient (Wildman–Crippen LogP) is 4.17. The standard InChI is InChI=1S/C18H20Cl2N2/c19-17-7-6-14(8-18(17)20)16-12-22(11-15(16)9-21)10-13-4-2-1-3-5-13/h1-8,15-16H,9-12,21H2/t15?,16-/m1/s1. The molecule has 1 heterocycles. The average Bonchev–Trinajstić information content (AvgIpc) is 2.94. The van der Waals surface area contributed by atoms with Gasteiger partial charge in [-0.3, -0.25) is 4.90 Å². The average molecular weight is 335 g/mol. The van der Waals surface area contributed by atoms with E-state index in [1.54, 1.807) is 0 Å². The molecule has 2 aromatic carbocycles. The van der Waals surface area contributed by atoms with Crippen LogP contribution in [0.4, 0.5) is 0 Å². The van der Waals surface area contributed by atoms with Crippen LogP contribution in [0.3, 0.4) is 0 Å². The Hall–Kier alpha value is -1.06. The third kappa shape index (κ3) is 3.47. The van der Waals surface area contributed by atoms with Crippen molar-refractivity contribution in [2.45, 2.75) is 12.5 Å². The van der Waals surface area contributed by atoms with Crippen molar-refractivity contribution in [2.75, 3.05) is 19.6 Å². The summed E-state index contributed by atoms with van der Waals surface area (Å²) in [5, 5.41) is 1.23. The van der Waals surface area contributed by atoms with E-state index in [1.807, 2.05) is 12.1 Å². The summed E-state index contributed by atoms with van der Waals surface area (Å²) in [6.07, 6.45) is 0. The van der Waals surface area contributed by atoms with Crippen LogP contribution in [0.25, 0.3) is 0 Å². The summed E-state index contributed by atoms with van der Waals surface area (Å²) in [6, 6.07) is 16.5. The van der Waals surface area contributed by atoms with Gasteiger partial charge < -0.3 is 5.73 Å². The van der Waals surface area contributed by atoms with E-state index in [9.17, 15) is 0 Å². The Bertz CT molecular complexity index is 630. The predicted molar refractivity (Wildman–Crippen MR) is 93.5 cm³/mol. The van der Waals surface area contributed by atoms with Crippen LogP contribution in [-0.4, -0.2) is 24.5 Å². The Morgan fingerprint density at radius 3 is 2.45 bits per heavy atom. The molecule has 22 heavy (non-hydrogen) atoms. The Morgan fingerprint density at radius 1 is 1.00 bits per heavy atom. The third-order valence-corrected chi connectivity index (χ3v) is 5.18. The summed E-state index contributed by atoms with van der Waals surface area (Å²) in [4.78, 5) is 2.47. The summed E-state index contributed by atoms with van der Waals surface area (Å²) in [7, 11) is 0. The zero-order chi connectivity index (χ0) is 15.5. The fourth-order valence-electron chi connectivity index (χ4n) is 3.29. The highest BCUT2D eigenvalue weighted by molar-refractivity contribution is 6.42. The topological polar surface area (TPSA) is 29.3 Å². The minimum absolute atomic E-state index is 0.420. The van der Waals surface area contributed by atoms with E-state index >= 15 is 0 Å². The van der Waals surface area contributed by atoms with E-state index in [2.05, 4.69) is 41.3 Å². The zero-order valence-corrected chi connectivity index (χ0v) is 13.9. The van der Waals surface area contributed by atoms with Crippen LogP contribution in [0.2, 0.25) is 10.0 Å². The van der Waals surface area contributed by atoms with Gasteiger partial charge in [-0.1, -0.05) is 59.6 Å². The van der Waals surface area contributed by atoms with Crippen molar-refractivity contribution < 1.29 is 0 Å². The van der Waals surface area contributed by atoms with Crippen LogP contribution in [0.15, 0.2) is 48.5 Å². The van der Waals surface area contributed by atoms with Gasteiger partial charge in [-0.05, 0) is 35.7 Å². The second-order valence-corrected chi connectivity index (χ2v) is 6.77. The number of rotatable bonds is 4. The highest BCUT2D eigenvalue weighted by Crippen LogP contribution is 2.35. The number of nitrogens with zero attached hydrogens (tertiary/aromatic N) is 1. The first-order chi connectivity index (χ1) is 10.7. The molecule has 2 N–H and O–H groups in total. The van der Waals surface area contributed by atoms with Gasteiger partial charge >= 0.3 is 0 Å². The van der Waals surface area contributed by atoms with Gasteiger partial charge in [-0.15, -0.1) is 0 Å². The number of hydrogen-bond donors (Lipinski definition) is 1. The van der Waals surface area contributed by atoms with E-state index in [4.69, 9.17) is 28.9 Å². The van der Waals surface area contributed by atoms with Crippen molar-refractivity contribution in [2.24, 2.45) is 11.7 Å². The molecule has 0 saturated carbocycles. The highest BCUT2D eigenvalue weighted by Gasteiger charge is 2.32. The fraction of sp³-hybridized carbons (Fsp3) is 0.333. The second kappa shape index (κ2) is 7.01. The van der Waals surface area contributed by atoms with Crippen LogP contribution in [-0.2, 0) is 6.54 Å². The Balaban J connectivity index is 1.75. The van der Waals surface area contributed by atoms with Crippen molar-refractivity contribution in [3.63, 3.8) is 0 Å². The molecule has 3 rings (SSSR count). The lowest BCUT2D eigenvalue weighted by molar-refractivity contribution is 0.317. The lowest BCUT2D eigenvalue weighted by Crippen LogP contribution is -2.23. The molecule has 0 amide bonds. The minimum atomic E-state index is 0.420. The number of benzene rings is 2. The molecule has 0 radical (unpaired) electrons. The maximum Gasteiger partial charge on any atom is 0.0595 e. The summed E-state index contributed by atoms with van der Waals surface area (Å²) in [5.41, 5.74) is 8.58. The molecule has 4 heteroatoms. The van der Waals surface area contributed by atoms with Gasteiger partial charge in [0.05, 0.1) is 10.0 Å². The molecule has 1 saturated heterocycles. The highest BCUT2D eigenvalue weighted by atomic mass is 35.5. The number of hydrogen-bond acceptors (Lipinski definition) is 2. The van der Waals surface area contributed by atoms with E-state index in [-0.39, 0.29) is 0 Å². The van der Waals surface area contributed by atoms with Crippen molar-refractivity contribution in [3.8, 4) is 0 Å². The van der Waals surface area contributed by atoms with Crippen molar-refractivity contribution >= 4 is 23.2 Å². The Morgan fingerprint density at radius 2 is 1.77 bits per heavy atom. The minimum Gasteiger partial charge on any atom is -0.330 e. The maximum absolute atomic E-state index is 6.17. The lowest BCUT2D eigenvalue weighted by Gasteiger charge is -2.17. The molecular weight excluding hydrogens is 315 g/mol. The number of halogens is 2. The van der Waals surface area contributed by atoms with Crippen LogP contribution in [0.5, 0.6) is 0 Å². The summed E-state index contributed by atoms with van der Waals surface area (Å²) in [5.74, 6) is 0.879. The summed E-state index contributed by atoms with van der Waals surface area (Å²) >= 11 is 12.2. The molecule has 1 unspecified atom stereocenters. The van der Waals surface area contributed by atoms with Crippen LogP contribution < -0.4 is 5.73 Å². The molecule has 0 bridgehead atoms. The van der Waals surface area contributed by atoms with E-state index in [0.29, 0.717) is 28.4 Å². The lowest BCUT2D eigenvalue weighted by atomic mass is 9.89. The van der Waals surface area contributed by atoms with Gasteiger partial charge in [0.1, 0.15) is 0 Å². The summed E-state index contributed by atoms with van der Waals surface area (Å²) in [6.45, 7) is 3.69. The molecule has 2 nitrogen and oxygen atoms in total. The summed E-state index contributed by atoms with van der Waals surface area (Å²) < 4.78 is 0. The molecule has 0 aliphatic carbocycles. The van der Waals surface area contributed by atoms with E-state index in [0.717, 1.165) is 19.6 Å². The van der Waals surface area contributed by atoms with Gasteiger partial charge in [0, 0.05) is 25.6 Å². The van der Waals surface area contributed by atoms with Gasteiger partial charge in [-0.25, -0.2) is 0 Å². The molecule has 1 fully saturated rings. The van der Waals surface area contributed by atoms with Gasteiger partial charge in [-0.2, -0.15) is 0 Å². The number of likely N-dealkylation sites (tertiary alicyclic amines) is 1. The zero-order valence-electron chi connectivity index (χ0n) is 12.4. The van der Waals surface area contributed by atoms with E-state index in [1.165, 1.54) is 11.1 Å². The normalized spacial score (nSPS) is 22.1. The van der Waals surface area contributed by atoms with Gasteiger partial charge in [0.25, 0.3) is 0 Å². The first-order valence-corrected chi connectivity index (χ1v) is 8.34. The molecule has 2 aromatic rings. The van der Waals surface area contributed by atoms with E-state index < -0.39 is 0 Å². The second-order valence-electron chi connectivity index (χ2n) is 5.96. The van der Waals surface area contributed by atoms with Crippen LogP contribution >= 0.6 is 23.2 Å². The number of nitrogens with two attached hydrogens (primary N) is 1. The first-order valence-electron chi connectivity index (χ1n) is 7.58. The molecule has 2 atom stereocenters. The maximum atomic E-state index is 6.17. The molecular formula is C18H20Cl2N2. The Kier molecular flexibility index (Phi) is 5.04. The van der Waals surface area contributed by atoms with Crippen molar-refractivity contribution in [1.82, 2.24) is 4.90 Å². The first kappa shape index (κ1) is 15.8. The fourth-order valence-corrected chi connectivity index (χ4v) is 3.60. The van der Waals surface area contributed by atoms with Gasteiger partial charge in [0.2, 0.25) is 0 Å². The third-order valence-electron chi connectivity index (χ3n) is 4.44. The quantitative estimate of drug-likeness (QED) is 0.909. The van der Waals surface area contributed by atoms with Crippen LogP contribution in [0, 0.1) is 5.92 Å². The molecule has 1 aliphatic rings. The largest absolute Gasteiger partial charge is 0.330 e. The smallest absolute Gasteiger partial charge is 0.0595 e. The van der Waals surface area contributed by atoms with Crippen molar-refractivity contribution in [1.29, 1.82) is 0 Å². The molecule has 0 spiro atoms. The molecule has 0 aromatic heterocycles.